The van der Waals surface area contributed by atoms with Gasteiger partial charge in [-0.15, -0.1) is 0 Å². The van der Waals surface area contributed by atoms with E-state index in [-0.39, 0.29) is 22.8 Å². The Hall–Kier alpha value is -2.36. The summed E-state index contributed by atoms with van der Waals surface area (Å²) >= 11 is 5.73. The molecule has 10 heteroatoms. The van der Waals surface area contributed by atoms with Crippen LogP contribution in [0.3, 0.4) is 0 Å². The molecule has 0 unspecified atom stereocenters. The van der Waals surface area contributed by atoms with E-state index in [0.29, 0.717) is 5.02 Å². The number of sulfonamides is 1. The van der Waals surface area contributed by atoms with E-state index in [9.17, 15) is 23.1 Å². The summed E-state index contributed by atoms with van der Waals surface area (Å²) in [6, 6.07) is 6.63. The molecule has 0 saturated carbocycles. The molecule has 1 heterocycles. The fraction of sp³-hybridized carbons (Fsp3) is 0.200. The number of hydrogen-bond acceptors (Lipinski definition) is 5. The molecule has 0 spiro atoms. The highest BCUT2D eigenvalue weighted by atomic mass is 35.5. The minimum Gasteiger partial charge on any atom is -0.503 e. The number of aromatic nitrogens is 1. The van der Waals surface area contributed by atoms with Crippen LogP contribution in [0.2, 0.25) is 5.02 Å². The molecule has 8 nitrogen and oxygen atoms in total. The Balaban J connectivity index is 2.35. The van der Waals surface area contributed by atoms with Gasteiger partial charge >= 0.3 is 0 Å². The standard InChI is InChI=1S/C15H16ClN3O5S/c1-17-15(22)13-14(21)12(20)7-10(19(13)2)8-18-25(23,24)11-5-3-9(16)4-6-11/h3-7,18,21H,8H2,1-2H3,(H,17,22). The van der Waals surface area contributed by atoms with Gasteiger partial charge in [-0.1, -0.05) is 11.6 Å². The van der Waals surface area contributed by atoms with Gasteiger partial charge in [-0.3, -0.25) is 9.59 Å². The predicted octanol–water partition coefficient (Wildman–Crippen LogP) is 0.582. The van der Waals surface area contributed by atoms with Gasteiger partial charge in [0, 0.05) is 30.9 Å². The van der Waals surface area contributed by atoms with Crippen molar-refractivity contribution in [3.05, 3.63) is 57.0 Å². The van der Waals surface area contributed by atoms with Crippen molar-refractivity contribution in [3.8, 4) is 5.75 Å². The topological polar surface area (TPSA) is 118 Å². The first-order valence-corrected chi connectivity index (χ1v) is 8.92. The van der Waals surface area contributed by atoms with Gasteiger partial charge in [0.05, 0.1) is 11.4 Å². The Morgan fingerprint density at radius 3 is 2.44 bits per heavy atom. The summed E-state index contributed by atoms with van der Waals surface area (Å²) in [5.74, 6) is -1.37. The minimum absolute atomic E-state index is 0.00667. The second kappa shape index (κ2) is 7.26. The van der Waals surface area contributed by atoms with Crippen molar-refractivity contribution in [1.29, 1.82) is 0 Å². The molecular formula is C15H16ClN3O5S. The molecule has 25 heavy (non-hydrogen) atoms. The third kappa shape index (κ3) is 4.01. The van der Waals surface area contributed by atoms with Crippen LogP contribution in [0.1, 0.15) is 16.2 Å². The molecule has 1 aromatic heterocycles. The van der Waals surface area contributed by atoms with Crippen LogP contribution >= 0.6 is 11.6 Å². The number of halogens is 1. The second-order valence-corrected chi connectivity index (χ2v) is 7.32. The molecular weight excluding hydrogens is 370 g/mol. The van der Waals surface area contributed by atoms with Gasteiger partial charge in [-0.25, -0.2) is 13.1 Å². The van der Waals surface area contributed by atoms with E-state index in [1.54, 1.807) is 0 Å². The number of pyridine rings is 1. The Morgan fingerprint density at radius 1 is 1.28 bits per heavy atom. The summed E-state index contributed by atoms with van der Waals surface area (Å²) in [5, 5.41) is 12.5. The van der Waals surface area contributed by atoms with Crippen molar-refractivity contribution in [2.45, 2.75) is 11.4 Å². The molecule has 0 radical (unpaired) electrons. The number of amides is 1. The van der Waals surface area contributed by atoms with Gasteiger partial charge in [-0.05, 0) is 24.3 Å². The third-order valence-corrected chi connectivity index (χ3v) is 5.20. The van der Waals surface area contributed by atoms with E-state index in [1.807, 2.05) is 0 Å². The summed E-state index contributed by atoms with van der Waals surface area (Å²) in [6.45, 7) is -0.249. The first-order chi connectivity index (χ1) is 11.7. The van der Waals surface area contributed by atoms with Crippen molar-refractivity contribution in [1.82, 2.24) is 14.6 Å². The smallest absolute Gasteiger partial charge is 0.271 e. The number of benzene rings is 1. The van der Waals surface area contributed by atoms with E-state index in [4.69, 9.17) is 11.6 Å². The molecule has 2 aromatic rings. The molecule has 0 aliphatic carbocycles. The van der Waals surface area contributed by atoms with Crippen LogP contribution in [0.4, 0.5) is 0 Å². The first-order valence-electron chi connectivity index (χ1n) is 7.06. The van der Waals surface area contributed by atoms with Crippen LogP contribution in [0, 0.1) is 0 Å². The SMILES string of the molecule is CNC(=O)c1c(O)c(=O)cc(CNS(=O)(=O)c2ccc(Cl)cc2)n1C. The Bertz CT molecular complexity index is 968. The van der Waals surface area contributed by atoms with Crippen LogP contribution in [-0.2, 0) is 23.6 Å². The lowest BCUT2D eigenvalue weighted by Crippen LogP contribution is -2.30. The van der Waals surface area contributed by atoms with E-state index in [0.717, 1.165) is 6.07 Å². The molecule has 1 amide bonds. The Kier molecular flexibility index (Phi) is 5.51. The number of carbonyl (C=O) groups is 1. The molecule has 0 fully saturated rings. The van der Waals surface area contributed by atoms with Crippen LogP contribution < -0.4 is 15.5 Å². The minimum atomic E-state index is -3.84. The molecule has 0 saturated heterocycles. The average molecular weight is 386 g/mol. The van der Waals surface area contributed by atoms with Crippen LogP contribution in [0.25, 0.3) is 0 Å². The molecule has 0 bridgehead atoms. The summed E-state index contributed by atoms with van der Waals surface area (Å²) in [5.41, 5.74) is -0.827. The van der Waals surface area contributed by atoms with E-state index in [1.165, 1.54) is 42.9 Å². The number of nitrogens with zero attached hydrogens (tertiary/aromatic N) is 1. The number of nitrogens with one attached hydrogen (secondary N) is 2. The predicted molar refractivity (Wildman–Crippen MR) is 92.2 cm³/mol. The zero-order valence-electron chi connectivity index (χ0n) is 13.4. The highest BCUT2D eigenvalue weighted by Gasteiger charge is 2.20. The van der Waals surface area contributed by atoms with Crippen molar-refractivity contribution in [3.63, 3.8) is 0 Å². The summed E-state index contributed by atoms with van der Waals surface area (Å²) < 4.78 is 28.2. The number of hydrogen-bond donors (Lipinski definition) is 3. The summed E-state index contributed by atoms with van der Waals surface area (Å²) in [7, 11) is -1.05. The van der Waals surface area contributed by atoms with Gasteiger partial charge in [0.2, 0.25) is 15.5 Å². The maximum absolute atomic E-state index is 12.3. The van der Waals surface area contributed by atoms with Crippen molar-refractivity contribution >= 4 is 27.5 Å². The largest absolute Gasteiger partial charge is 0.503 e. The molecule has 3 N–H and O–H groups in total. The summed E-state index contributed by atoms with van der Waals surface area (Å²) in [4.78, 5) is 23.7. The normalized spacial score (nSPS) is 11.3. The van der Waals surface area contributed by atoms with Crippen molar-refractivity contribution in [2.24, 2.45) is 7.05 Å². The molecule has 0 aliphatic rings. The summed E-state index contributed by atoms with van der Waals surface area (Å²) in [6.07, 6.45) is 0. The highest BCUT2D eigenvalue weighted by molar-refractivity contribution is 7.89. The monoisotopic (exact) mass is 385 g/mol. The lowest BCUT2D eigenvalue weighted by atomic mass is 10.2. The fourth-order valence-electron chi connectivity index (χ4n) is 2.15. The van der Waals surface area contributed by atoms with Gasteiger partial charge < -0.3 is 15.0 Å². The lowest BCUT2D eigenvalue weighted by Gasteiger charge is -2.15. The number of aromatic hydroxyl groups is 1. The van der Waals surface area contributed by atoms with Crippen molar-refractivity contribution in [2.75, 3.05) is 7.05 Å². The van der Waals surface area contributed by atoms with E-state index in [2.05, 4.69) is 10.0 Å². The molecule has 0 atom stereocenters. The Morgan fingerprint density at radius 2 is 1.88 bits per heavy atom. The molecule has 1 aromatic carbocycles. The van der Waals surface area contributed by atoms with Gasteiger partial charge in [-0.2, -0.15) is 0 Å². The number of carbonyl (C=O) groups excluding carboxylic acids is 1. The maximum atomic E-state index is 12.3. The zero-order chi connectivity index (χ0) is 18.8. The van der Waals surface area contributed by atoms with Crippen LogP contribution in [0.5, 0.6) is 5.75 Å². The third-order valence-electron chi connectivity index (χ3n) is 3.53. The zero-order valence-corrected chi connectivity index (χ0v) is 15.0. The van der Waals surface area contributed by atoms with E-state index < -0.39 is 27.1 Å². The van der Waals surface area contributed by atoms with Gasteiger partial charge in [0.1, 0.15) is 0 Å². The lowest BCUT2D eigenvalue weighted by molar-refractivity contribution is 0.0950. The first kappa shape index (κ1) is 19.0. The van der Waals surface area contributed by atoms with Crippen LogP contribution in [-0.4, -0.2) is 31.0 Å². The second-order valence-electron chi connectivity index (χ2n) is 5.11. The van der Waals surface area contributed by atoms with Crippen molar-refractivity contribution < 1.29 is 18.3 Å². The highest BCUT2D eigenvalue weighted by Crippen LogP contribution is 2.16. The fourth-order valence-corrected chi connectivity index (χ4v) is 3.27. The van der Waals surface area contributed by atoms with Gasteiger partial charge in [0.25, 0.3) is 5.91 Å². The van der Waals surface area contributed by atoms with Crippen LogP contribution in [0.15, 0.2) is 40.0 Å². The Labute approximate surface area is 149 Å². The quantitative estimate of drug-likeness (QED) is 0.696. The number of rotatable bonds is 5. The molecule has 134 valence electrons. The maximum Gasteiger partial charge on any atom is 0.271 e. The van der Waals surface area contributed by atoms with E-state index >= 15 is 0 Å². The molecule has 0 aliphatic heterocycles. The van der Waals surface area contributed by atoms with Gasteiger partial charge in [0.15, 0.2) is 11.4 Å². The average Bonchev–Trinajstić information content (AvgIpc) is 2.57. The molecule has 2 rings (SSSR count).